The molecular weight excluding hydrogens is 629 g/mol. The molecule has 0 spiro atoms. The zero-order valence-corrected chi connectivity index (χ0v) is 33.7. The summed E-state index contributed by atoms with van der Waals surface area (Å²) in [5.74, 6) is 0. The van der Waals surface area contributed by atoms with E-state index in [1.54, 1.807) is 0 Å². The van der Waals surface area contributed by atoms with Gasteiger partial charge in [0.1, 0.15) is 0 Å². The maximum atomic E-state index is 5.35. The van der Waals surface area contributed by atoms with Gasteiger partial charge in [-0.25, -0.2) is 0 Å². The minimum Gasteiger partial charge on any atom is -0.252 e. The summed E-state index contributed by atoms with van der Waals surface area (Å²) >= 11 is 0. The van der Waals surface area contributed by atoms with Crippen LogP contribution in [0.5, 0.6) is 0 Å². The van der Waals surface area contributed by atoms with Gasteiger partial charge in [-0.1, -0.05) is 159 Å². The van der Waals surface area contributed by atoms with Crippen molar-refractivity contribution < 1.29 is 0 Å². The van der Waals surface area contributed by atoms with Crippen LogP contribution in [-0.4, -0.2) is 11.4 Å². The average molecular weight is 697 g/mol. The first-order chi connectivity index (χ1) is 25.5. The van der Waals surface area contributed by atoms with Gasteiger partial charge in [0.2, 0.25) is 0 Å². The number of benzene rings is 4. The van der Waals surface area contributed by atoms with E-state index in [0.29, 0.717) is 0 Å². The minimum atomic E-state index is 0.841. The molecule has 4 aromatic rings. The van der Waals surface area contributed by atoms with Gasteiger partial charge in [-0.3, -0.25) is 9.98 Å². The molecule has 0 fully saturated rings. The first kappa shape index (κ1) is 41.0. The molecule has 0 N–H and O–H groups in total. The Morgan fingerprint density at radius 1 is 0.481 bits per heavy atom. The van der Waals surface area contributed by atoms with E-state index >= 15 is 0 Å². The van der Waals surface area contributed by atoms with Crippen LogP contribution < -0.4 is 0 Å². The summed E-state index contributed by atoms with van der Waals surface area (Å²) in [6.45, 7) is 13.6. The Bertz CT molecular complexity index is 1620. The molecule has 2 nitrogen and oxygen atoms in total. The molecule has 0 saturated carbocycles. The molecule has 0 heterocycles. The van der Waals surface area contributed by atoms with E-state index in [-0.39, 0.29) is 0 Å². The molecule has 0 unspecified atom stereocenters. The van der Waals surface area contributed by atoms with Crippen molar-refractivity contribution in [1.82, 2.24) is 0 Å². The van der Waals surface area contributed by atoms with Gasteiger partial charge in [0.25, 0.3) is 0 Å². The number of rotatable bonds is 23. The molecule has 4 rings (SSSR count). The molecule has 0 radical (unpaired) electrons. The van der Waals surface area contributed by atoms with E-state index in [4.69, 9.17) is 9.98 Å². The molecule has 0 amide bonds. The standard InChI is InChI=1S/C50H68N2/c1-7-11-14-16-18-22-33-44-36-45(35-43(39(44)5)28-13-9-3)52-50(10-4)40(6)51-46-37-48(41-29-23-20-24-30-41)47(34-27-19-17-15-12-8-2)49(38-46)42-31-25-21-26-32-42/h20-21,23-26,29-32,35-38H,7-19,22,27-28,33-34H2,1-6H3. The van der Waals surface area contributed by atoms with Crippen molar-refractivity contribution in [3.05, 3.63) is 107 Å². The number of unbranched alkanes of at least 4 members (excludes halogenated alkanes) is 11. The summed E-state index contributed by atoms with van der Waals surface area (Å²) in [7, 11) is 0. The Hall–Kier alpha value is -3.78. The molecular formula is C50H68N2. The molecule has 0 bridgehead atoms. The molecule has 278 valence electrons. The molecule has 2 heteroatoms. The van der Waals surface area contributed by atoms with E-state index in [1.165, 1.54) is 134 Å². The van der Waals surface area contributed by atoms with Crippen molar-refractivity contribution in [2.24, 2.45) is 9.98 Å². The lowest BCUT2D eigenvalue weighted by molar-refractivity contribution is 0.607. The SMILES string of the molecule is CCCCCCCCc1cc(N=C(CC)C(C)=Nc2cc(-c3ccccc3)c(CCCCCCCC)c(-c3ccccc3)c2)cc(CCCC)c1C. The van der Waals surface area contributed by atoms with Crippen molar-refractivity contribution in [3.8, 4) is 22.3 Å². The average Bonchev–Trinajstić information content (AvgIpc) is 3.17. The highest BCUT2D eigenvalue weighted by Crippen LogP contribution is 2.38. The normalized spacial score (nSPS) is 12.1. The van der Waals surface area contributed by atoms with Gasteiger partial charge in [0, 0.05) is 0 Å². The fourth-order valence-corrected chi connectivity index (χ4v) is 7.52. The number of aliphatic imine (C=N–C) groups is 2. The number of hydrogen-bond acceptors (Lipinski definition) is 2. The highest BCUT2D eigenvalue weighted by Gasteiger charge is 2.16. The van der Waals surface area contributed by atoms with Crippen molar-refractivity contribution in [3.63, 3.8) is 0 Å². The second kappa shape index (κ2) is 23.0. The van der Waals surface area contributed by atoms with Gasteiger partial charge in [0.15, 0.2) is 0 Å². The second-order valence-corrected chi connectivity index (χ2v) is 14.9. The zero-order chi connectivity index (χ0) is 37.0. The lowest BCUT2D eigenvalue weighted by Crippen LogP contribution is -2.09. The Morgan fingerprint density at radius 3 is 1.42 bits per heavy atom. The van der Waals surface area contributed by atoms with Crippen LogP contribution in [0.1, 0.15) is 153 Å². The van der Waals surface area contributed by atoms with Crippen molar-refractivity contribution in [2.75, 3.05) is 0 Å². The van der Waals surface area contributed by atoms with Gasteiger partial charge in [-0.05, 0) is 128 Å². The maximum absolute atomic E-state index is 5.35. The Kier molecular flexibility index (Phi) is 18.1. The first-order valence-corrected chi connectivity index (χ1v) is 21.0. The molecule has 4 aromatic carbocycles. The molecule has 0 aliphatic carbocycles. The molecule has 0 saturated heterocycles. The topological polar surface area (TPSA) is 24.7 Å². The Morgan fingerprint density at radius 2 is 0.923 bits per heavy atom. The smallest absolute Gasteiger partial charge is 0.0646 e. The molecule has 0 aromatic heterocycles. The third kappa shape index (κ3) is 12.7. The van der Waals surface area contributed by atoms with Crippen LogP contribution in [0.3, 0.4) is 0 Å². The van der Waals surface area contributed by atoms with Crippen LogP contribution in [0.15, 0.2) is 94.9 Å². The Balaban J connectivity index is 1.72. The molecule has 52 heavy (non-hydrogen) atoms. The largest absolute Gasteiger partial charge is 0.252 e. The minimum absolute atomic E-state index is 0.841. The second-order valence-electron chi connectivity index (χ2n) is 14.9. The monoisotopic (exact) mass is 697 g/mol. The predicted octanol–water partition coefficient (Wildman–Crippen LogP) is 15.8. The number of hydrogen-bond donors (Lipinski definition) is 0. The van der Waals surface area contributed by atoms with Crippen molar-refractivity contribution in [1.29, 1.82) is 0 Å². The van der Waals surface area contributed by atoms with Crippen LogP contribution >= 0.6 is 0 Å². The van der Waals surface area contributed by atoms with Gasteiger partial charge in [0.05, 0.1) is 22.8 Å². The van der Waals surface area contributed by atoms with Crippen LogP contribution in [0, 0.1) is 6.92 Å². The van der Waals surface area contributed by atoms with Gasteiger partial charge < -0.3 is 0 Å². The molecule has 0 aliphatic heterocycles. The van der Waals surface area contributed by atoms with Gasteiger partial charge in [-0.2, -0.15) is 0 Å². The number of aryl methyl sites for hydroxylation is 2. The van der Waals surface area contributed by atoms with E-state index in [1.807, 2.05) is 0 Å². The molecule has 0 atom stereocenters. The fourth-order valence-electron chi connectivity index (χ4n) is 7.52. The first-order valence-electron chi connectivity index (χ1n) is 21.0. The summed E-state index contributed by atoms with van der Waals surface area (Å²) in [4.78, 5) is 10.7. The third-order valence-electron chi connectivity index (χ3n) is 10.7. The van der Waals surface area contributed by atoms with Gasteiger partial charge in [-0.15, -0.1) is 0 Å². The van der Waals surface area contributed by atoms with E-state index < -0.39 is 0 Å². The highest BCUT2D eigenvalue weighted by atomic mass is 14.8. The summed E-state index contributed by atoms with van der Waals surface area (Å²) in [6.07, 6.45) is 22.3. The highest BCUT2D eigenvalue weighted by molar-refractivity contribution is 6.42. The summed E-state index contributed by atoms with van der Waals surface area (Å²) < 4.78 is 0. The van der Waals surface area contributed by atoms with E-state index in [0.717, 1.165) is 48.5 Å². The van der Waals surface area contributed by atoms with Crippen LogP contribution in [0.4, 0.5) is 11.4 Å². The quantitative estimate of drug-likeness (QED) is 0.0545. The zero-order valence-electron chi connectivity index (χ0n) is 33.7. The Labute approximate surface area is 318 Å². The van der Waals surface area contributed by atoms with E-state index in [2.05, 4.69) is 126 Å². The number of nitrogens with zero attached hydrogens (tertiary/aromatic N) is 2. The summed E-state index contributed by atoms with van der Waals surface area (Å²) in [5, 5.41) is 0. The molecule has 0 aliphatic rings. The third-order valence-corrected chi connectivity index (χ3v) is 10.7. The summed E-state index contributed by atoms with van der Waals surface area (Å²) in [6, 6.07) is 31.3. The fraction of sp³-hybridized carbons (Fsp3) is 0.480. The van der Waals surface area contributed by atoms with Crippen LogP contribution in [-0.2, 0) is 19.3 Å². The lowest BCUT2D eigenvalue weighted by atomic mass is 9.88. The van der Waals surface area contributed by atoms with Gasteiger partial charge >= 0.3 is 0 Å². The van der Waals surface area contributed by atoms with Crippen molar-refractivity contribution >= 4 is 22.8 Å². The lowest BCUT2D eigenvalue weighted by Gasteiger charge is -2.18. The van der Waals surface area contributed by atoms with E-state index in [9.17, 15) is 0 Å². The maximum Gasteiger partial charge on any atom is 0.0646 e. The summed E-state index contributed by atoms with van der Waals surface area (Å²) in [5.41, 5.74) is 15.1. The predicted molar refractivity (Wildman–Crippen MR) is 231 cm³/mol. The van der Waals surface area contributed by atoms with Crippen molar-refractivity contribution in [2.45, 2.75) is 157 Å². The van der Waals surface area contributed by atoms with Crippen LogP contribution in [0.25, 0.3) is 22.3 Å². The van der Waals surface area contributed by atoms with Crippen LogP contribution in [0.2, 0.25) is 0 Å².